The molecule has 1 aromatic heterocycles. The fourth-order valence-corrected chi connectivity index (χ4v) is 9.66. The van der Waals surface area contributed by atoms with Gasteiger partial charge in [-0.2, -0.15) is 0 Å². The van der Waals surface area contributed by atoms with E-state index in [-0.39, 0.29) is 54.9 Å². The zero-order chi connectivity index (χ0) is 28.8. The third-order valence-corrected chi connectivity index (χ3v) is 11.7. The summed E-state index contributed by atoms with van der Waals surface area (Å²) >= 11 is 0. The first-order valence-electron chi connectivity index (χ1n) is 14.5. The summed E-state index contributed by atoms with van der Waals surface area (Å²) < 4.78 is 30.5. The van der Waals surface area contributed by atoms with Gasteiger partial charge in [-0.05, 0) is 50.3 Å². The predicted molar refractivity (Wildman–Crippen MR) is 145 cm³/mol. The number of aliphatic hydroxyl groups excluding tert-OH is 1. The highest BCUT2D eigenvalue weighted by atomic mass is 16.6. The van der Waals surface area contributed by atoms with Crippen LogP contribution in [0.2, 0.25) is 0 Å². The van der Waals surface area contributed by atoms with Crippen molar-refractivity contribution in [1.82, 2.24) is 0 Å². The first-order chi connectivity index (χ1) is 18.9. The Morgan fingerprint density at radius 3 is 2.62 bits per heavy atom. The Bertz CT molecular complexity index is 1260. The number of hydrogen-bond donors (Lipinski definition) is 1. The lowest BCUT2D eigenvalue weighted by molar-refractivity contribution is -0.248. The summed E-state index contributed by atoms with van der Waals surface area (Å²) in [6.07, 6.45) is 4.37. The van der Waals surface area contributed by atoms with Gasteiger partial charge in [0.15, 0.2) is 0 Å². The maximum Gasteiger partial charge on any atom is 0.333 e. The molecule has 2 saturated heterocycles. The zero-order valence-electron chi connectivity index (χ0n) is 24.6. The quantitative estimate of drug-likeness (QED) is 0.317. The standard InChI is InChI=1S/C32H42O8/c1-8-16(2)29(35)40-23-13-22(33)30(4)15-38-26-27(30)31(23,5)21(12-24(34)36-7)32(6)25-17(3)19(18-9-10-37-14-18)11-20(25)39-28(26)32/h8-10,14,19-23,26-28,33H,11-13,15H2,1-7H3/b16-8+/t19-,20?,21?,22-,23+,26-,27?,28-,30-,31?,32?/m1/s1. The molecule has 40 heavy (non-hydrogen) atoms. The second-order valence-electron chi connectivity index (χ2n) is 13.3. The molecule has 0 bridgehead atoms. The maximum absolute atomic E-state index is 13.2. The molecule has 8 nitrogen and oxygen atoms in total. The number of carbonyl (C=O) groups is 2. The largest absolute Gasteiger partial charge is 0.472 e. The smallest absolute Gasteiger partial charge is 0.333 e. The Morgan fingerprint density at radius 1 is 1.23 bits per heavy atom. The SMILES string of the molecule is C/C=C(\C)C(=O)O[C@H]1C[C@@H](O)[C@@]2(C)CO[C@@H]3C2C1(C)C(CC(=O)OC)C1(C)C2=C(C)[C@H](c4ccoc4)CC2O[C@H]31. The van der Waals surface area contributed by atoms with Gasteiger partial charge in [-0.25, -0.2) is 4.79 Å². The number of fused-ring (bicyclic) bond motifs is 4. The molecular weight excluding hydrogens is 512 g/mol. The van der Waals surface area contributed by atoms with E-state index < -0.39 is 34.4 Å². The van der Waals surface area contributed by atoms with Crippen molar-refractivity contribution in [2.24, 2.45) is 28.1 Å². The van der Waals surface area contributed by atoms with Gasteiger partial charge in [-0.15, -0.1) is 0 Å². The van der Waals surface area contributed by atoms with Crippen LogP contribution in [0.25, 0.3) is 0 Å². The van der Waals surface area contributed by atoms with Crippen LogP contribution < -0.4 is 0 Å². The molecule has 3 aliphatic carbocycles. The minimum absolute atomic E-state index is 0.120. The highest BCUT2D eigenvalue weighted by Crippen LogP contribution is 2.73. The topological polar surface area (TPSA) is 104 Å². The summed E-state index contributed by atoms with van der Waals surface area (Å²) in [5, 5.41) is 11.5. The van der Waals surface area contributed by atoms with Crippen molar-refractivity contribution < 1.29 is 38.1 Å². The normalized spacial score (nSPS) is 45.6. The fourth-order valence-electron chi connectivity index (χ4n) is 9.66. The molecule has 3 heterocycles. The van der Waals surface area contributed by atoms with E-state index in [1.807, 2.05) is 6.07 Å². The number of aliphatic hydroxyl groups is 1. The van der Waals surface area contributed by atoms with E-state index in [2.05, 4.69) is 27.7 Å². The molecule has 2 saturated carbocycles. The second kappa shape index (κ2) is 9.30. The number of rotatable bonds is 5. The van der Waals surface area contributed by atoms with Crippen molar-refractivity contribution >= 4 is 11.9 Å². The van der Waals surface area contributed by atoms with Gasteiger partial charge in [0.05, 0.1) is 50.7 Å². The Balaban J connectivity index is 1.54. The van der Waals surface area contributed by atoms with E-state index in [4.69, 9.17) is 23.4 Å². The molecule has 0 spiro atoms. The first-order valence-corrected chi connectivity index (χ1v) is 14.5. The number of esters is 2. The first kappa shape index (κ1) is 27.7. The Hall–Kier alpha value is -2.42. The number of methoxy groups -OCH3 is 1. The predicted octanol–water partition coefficient (Wildman–Crippen LogP) is 4.72. The maximum atomic E-state index is 13.2. The van der Waals surface area contributed by atoms with Crippen molar-refractivity contribution in [3.8, 4) is 0 Å². The van der Waals surface area contributed by atoms with Crippen LogP contribution in [0.5, 0.6) is 0 Å². The summed E-state index contributed by atoms with van der Waals surface area (Å²) in [7, 11) is 1.42. The van der Waals surface area contributed by atoms with Crippen molar-refractivity contribution in [2.75, 3.05) is 13.7 Å². The molecule has 8 heteroatoms. The number of allylic oxidation sites excluding steroid dienone is 2. The molecule has 1 N–H and O–H groups in total. The lowest BCUT2D eigenvalue weighted by Gasteiger charge is -2.65. The van der Waals surface area contributed by atoms with Gasteiger partial charge in [-0.3, -0.25) is 4.79 Å². The van der Waals surface area contributed by atoms with Gasteiger partial charge in [-0.1, -0.05) is 32.4 Å². The van der Waals surface area contributed by atoms with Crippen LogP contribution in [-0.4, -0.2) is 61.3 Å². The Morgan fingerprint density at radius 2 is 1.98 bits per heavy atom. The molecule has 218 valence electrons. The molecule has 11 atom stereocenters. The number of ether oxygens (including phenoxy) is 4. The van der Waals surface area contributed by atoms with Crippen LogP contribution >= 0.6 is 0 Å². The highest BCUT2D eigenvalue weighted by Gasteiger charge is 2.78. The van der Waals surface area contributed by atoms with Crippen LogP contribution in [0.1, 0.15) is 72.3 Å². The summed E-state index contributed by atoms with van der Waals surface area (Å²) in [4.78, 5) is 26.4. The number of furan rings is 1. The average molecular weight is 555 g/mol. The molecule has 1 aromatic rings. The third kappa shape index (κ3) is 3.48. The average Bonchev–Trinajstić information content (AvgIpc) is 3.70. The lowest BCUT2D eigenvalue weighted by Crippen LogP contribution is -2.70. The molecule has 5 aliphatic rings. The monoisotopic (exact) mass is 554 g/mol. The van der Waals surface area contributed by atoms with Gasteiger partial charge in [0.1, 0.15) is 6.10 Å². The number of hydrogen-bond acceptors (Lipinski definition) is 8. The van der Waals surface area contributed by atoms with Gasteiger partial charge < -0.3 is 28.5 Å². The van der Waals surface area contributed by atoms with E-state index in [1.165, 1.54) is 18.3 Å². The van der Waals surface area contributed by atoms with E-state index in [0.717, 1.165) is 12.0 Å². The molecule has 2 aliphatic heterocycles. The summed E-state index contributed by atoms with van der Waals surface area (Å²) in [5.74, 6) is -1.02. The van der Waals surface area contributed by atoms with Crippen LogP contribution in [0.15, 0.2) is 45.8 Å². The van der Waals surface area contributed by atoms with E-state index in [0.29, 0.717) is 12.2 Å². The molecule has 0 aromatic carbocycles. The lowest BCUT2D eigenvalue weighted by atomic mass is 9.40. The van der Waals surface area contributed by atoms with Gasteiger partial charge >= 0.3 is 11.9 Å². The number of carbonyl (C=O) groups excluding carboxylic acids is 2. The van der Waals surface area contributed by atoms with Crippen molar-refractivity contribution in [3.63, 3.8) is 0 Å². The van der Waals surface area contributed by atoms with Crippen molar-refractivity contribution in [1.29, 1.82) is 0 Å². The molecular formula is C32H42O8. The van der Waals surface area contributed by atoms with Crippen LogP contribution in [0.3, 0.4) is 0 Å². The van der Waals surface area contributed by atoms with Crippen molar-refractivity contribution in [2.45, 2.75) is 97.2 Å². The highest BCUT2D eigenvalue weighted by molar-refractivity contribution is 5.87. The Kier molecular flexibility index (Phi) is 6.45. The van der Waals surface area contributed by atoms with E-state index >= 15 is 0 Å². The molecule has 5 unspecified atom stereocenters. The summed E-state index contributed by atoms with van der Waals surface area (Å²) in [6, 6.07) is 2.01. The summed E-state index contributed by atoms with van der Waals surface area (Å²) in [6.45, 7) is 12.5. The van der Waals surface area contributed by atoms with Gasteiger partial charge in [0.25, 0.3) is 0 Å². The summed E-state index contributed by atoms with van der Waals surface area (Å²) in [5.41, 5.74) is 2.24. The van der Waals surface area contributed by atoms with E-state index in [9.17, 15) is 14.7 Å². The van der Waals surface area contributed by atoms with Gasteiger partial charge in [0.2, 0.25) is 0 Å². The Labute approximate surface area is 236 Å². The minimum atomic E-state index is -0.727. The fraction of sp³-hybridized carbons (Fsp3) is 0.688. The van der Waals surface area contributed by atoms with Crippen molar-refractivity contribution in [3.05, 3.63) is 47.0 Å². The van der Waals surface area contributed by atoms with Crippen LogP contribution in [0, 0.1) is 28.1 Å². The minimum Gasteiger partial charge on any atom is -0.472 e. The van der Waals surface area contributed by atoms with Crippen LogP contribution in [0.4, 0.5) is 0 Å². The zero-order valence-corrected chi connectivity index (χ0v) is 24.6. The van der Waals surface area contributed by atoms with Crippen LogP contribution in [-0.2, 0) is 28.5 Å². The molecule has 6 rings (SSSR count). The second-order valence-corrected chi connectivity index (χ2v) is 13.3. The van der Waals surface area contributed by atoms with E-state index in [1.54, 1.807) is 32.4 Å². The molecule has 0 amide bonds. The molecule has 4 fully saturated rings. The third-order valence-electron chi connectivity index (χ3n) is 11.7. The molecule has 0 radical (unpaired) electrons. The van der Waals surface area contributed by atoms with Gasteiger partial charge in [0, 0.05) is 46.5 Å².